The first-order valence-electron chi connectivity index (χ1n) is 2.41. The maximum atomic E-state index is 10.4. The van der Waals surface area contributed by atoms with Gasteiger partial charge in [-0.1, -0.05) is 0 Å². The second-order valence-electron chi connectivity index (χ2n) is 1.86. The Labute approximate surface area is 69.7 Å². The predicted octanol–water partition coefficient (Wildman–Crippen LogP) is -0.721. The van der Waals surface area contributed by atoms with E-state index in [-0.39, 0.29) is 27.3 Å². The summed E-state index contributed by atoms with van der Waals surface area (Å²) in [6, 6.07) is 0. The third-order valence-electron chi connectivity index (χ3n) is 1.16. The van der Waals surface area contributed by atoms with Crippen LogP contribution in [0.25, 0.3) is 0 Å². The van der Waals surface area contributed by atoms with Gasteiger partial charge in [-0.15, -0.1) is 0 Å². The van der Waals surface area contributed by atoms with E-state index >= 15 is 0 Å². The van der Waals surface area contributed by atoms with Gasteiger partial charge in [0.1, 0.15) is 9.84 Å². The summed E-state index contributed by atoms with van der Waals surface area (Å²) in [5.74, 6) is 0.847. The fourth-order valence-electron chi connectivity index (χ4n) is 0.746. The van der Waals surface area contributed by atoms with Crippen LogP contribution in [-0.2, 0) is 9.84 Å². The zero-order chi connectivity index (χ0) is 5.33. The van der Waals surface area contributed by atoms with Crippen molar-refractivity contribution in [3.05, 3.63) is 0 Å². The van der Waals surface area contributed by atoms with Crippen LogP contribution in [0.4, 0.5) is 0 Å². The molecule has 0 aliphatic carbocycles. The van der Waals surface area contributed by atoms with Gasteiger partial charge in [-0.25, -0.2) is 8.42 Å². The van der Waals surface area contributed by atoms with Crippen molar-refractivity contribution in [2.45, 2.75) is 12.8 Å². The van der Waals surface area contributed by atoms with E-state index in [4.69, 9.17) is 0 Å². The van der Waals surface area contributed by atoms with E-state index in [0.29, 0.717) is 11.5 Å². The molecule has 2 nitrogen and oxygen atoms in total. The quantitative estimate of drug-likeness (QED) is 0.550. The van der Waals surface area contributed by atoms with Gasteiger partial charge in [0.15, 0.2) is 0 Å². The molecule has 1 heterocycles. The van der Waals surface area contributed by atoms with Crippen molar-refractivity contribution in [3.8, 4) is 0 Å². The molecule has 4 heteroatoms. The van der Waals surface area contributed by atoms with Crippen LogP contribution in [0.1, 0.15) is 12.8 Å². The molecule has 1 aliphatic heterocycles. The number of rotatable bonds is 0. The van der Waals surface area contributed by atoms with E-state index < -0.39 is 9.84 Å². The summed E-state index contributed by atoms with van der Waals surface area (Å²) in [5.41, 5.74) is 0. The van der Waals surface area contributed by atoms with Gasteiger partial charge in [-0.3, -0.25) is 0 Å². The SMILES string of the molecule is O=S1(=O)CCCC1.[PbH2]. The molecule has 0 N–H and O–H groups in total. The molecule has 1 fully saturated rings. The summed E-state index contributed by atoms with van der Waals surface area (Å²) in [4.78, 5) is 0. The molecule has 1 aliphatic rings. The van der Waals surface area contributed by atoms with Gasteiger partial charge in [-0.2, -0.15) is 0 Å². The first-order valence-corrected chi connectivity index (χ1v) is 4.23. The van der Waals surface area contributed by atoms with Gasteiger partial charge in [-0.05, 0) is 12.8 Å². The second-order valence-corrected chi connectivity index (χ2v) is 4.16. The van der Waals surface area contributed by atoms with Crippen molar-refractivity contribution in [2.24, 2.45) is 0 Å². The van der Waals surface area contributed by atoms with Crippen LogP contribution in [0, 0.1) is 0 Å². The zero-order valence-electron chi connectivity index (χ0n) is 4.76. The number of hydrogen-bond donors (Lipinski definition) is 0. The standard InChI is InChI=1S/C4H8O2S.Pb.2H/c5-7(6)3-1-2-4-7;;;/h1-4H2;;;. The Balaban J connectivity index is 0.000000490. The van der Waals surface area contributed by atoms with Crippen LogP contribution in [0.5, 0.6) is 0 Å². The molecule has 8 heavy (non-hydrogen) atoms. The number of hydrogen-bond acceptors (Lipinski definition) is 2. The first-order chi connectivity index (χ1) is 3.21. The topological polar surface area (TPSA) is 34.1 Å². The Morgan fingerprint density at radius 2 is 1.38 bits per heavy atom. The first kappa shape index (κ1) is 8.87. The monoisotopic (exact) mass is 330 g/mol. The summed E-state index contributed by atoms with van der Waals surface area (Å²) < 4.78 is 20.9. The molecule has 0 bridgehead atoms. The minimum atomic E-state index is -2.55. The Morgan fingerprint density at radius 3 is 1.50 bits per heavy atom. The van der Waals surface area contributed by atoms with Gasteiger partial charge in [0, 0.05) is 0 Å². The van der Waals surface area contributed by atoms with E-state index in [1.54, 1.807) is 0 Å². The summed E-state index contributed by atoms with van der Waals surface area (Å²) in [5, 5.41) is 0. The van der Waals surface area contributed by atoms with Crippen molar-refractivity contribution in [3.63, 3.8) is 0 Å². The van der Waals surface area contributed by atoms with E-state index in [1.165, 1.54) is 0 Å². The van der Waals surface area contributed by atoms with Crippen molar-refractivity contribution < 1.29 is 8.42 Å². The molecular formula is C4H10O2PbS. The van der Waals surface area contributed by atoms with Crippen molar-refractivity contribution in [1.82, 2.24) is 0 Å². The molecule has 1 saturated heterocycles. The molecule has 48 valence electrons. The van der Waals surface area contributed by atoms with Crippen LogP contribution in [0.3, 0.4) is 0 Å². The van der Waals surface area contributed by atoms with E-state index in [1.807, 2.05) is 0 Å². The van der Waals surface area contributed by atoms with E-state index in [0.717, 1.165) is 12.8 Å². The molecule has 0 aromatic rings. The van der Waals surface area contributed by atoms with Crippen molar-refractivity contribution in [1.29, 1.82) is 0 Å². The average molecular weight is 329 g/mol. The summed E-state index contributed by atoms with van der Waals surface area (Å²) in [7, 11) is -2.55. The fourth-order valence-corrected chi connectivity index (χ4v) is 2.24. The molecule has 2 radical (unpaired) electrons. The van der Waals surface area contributed by atoms with Crippen molar-refractivity contribution in [2.75, 3.05) is 11.5 Å². The molecule has 0 spiro atoms. The normalized spacial score (nSPS) is 24.5. The average Bonchev–Trinajstić information content (AvgIpc) is 1.84. The maximum absolute atomic E-state index is 10.4. The molecular weight excluding hydrogens is 319 g/mol. The van der Waals surface area contributed by atoms with E-state index in [9.17, 15) is 8.42 Å². The fraction of sp³-hybridized carbons (Fsp3) is 1.00. The van der Waals surface area contributed by atoms with Gasteiger partial charge in [0.05, 0.1) is 11.5 Å². The Bertz CT molecular complexity index is 137. The van der Waals surface area contributed by atoms with Crippen LogP contribution in [0.2, 0.25) is 0 Å². The van der Waals surface area contributed by atoms with Gasteiger partial charge < -0.3 is 0 Å². The van der Waals surface area contributed by atoms with Gasteiger partial charge in [0.25, 0.3) is 0 Å². The molecule has 0 aromatic heterocycles. The van der Waals surface area contributed by atoms with Crippen molar-refractivity contribution >= 4 is 37.1 Å². The molecule has 1 rings (SSSR count). The van der Waals surface area contributed by atoms with Gasteiger partial charge in [0.2, 0.25) is 0 Å². The molecule has 0 unspecified atom stereocenters. The summed E-state index contributed by atoms with van der Waals surface area (Å²) in [6.45, 7) is 0. The summed E-state index contributed by atoms with van der Waals surface area (Å²) >= 11 is 0. The minimum absolute atomic E-state index is 0. The van der Waals surface area contributed by atoms with Crippen LogP contribution in [-0.4, -0.2) is 47.2 Å². The second kappa shape index (κ2) is 3.15. The van der Waals surface area contributed by atoms with Gasteiger partial charge >= 0.3 is 27.3 Å². The Morgan fingerprint density at radius 1 is 1.00 bits per heavy atom. The zero-order valence-corrected chi connectivity index (χ0v) is 11.1. The van der Waals surface area contributed by atoms with Crippen LogP contribution in [0.15, 0.2) is 0 Å². The predicted molar refractivity (Wildman–Crippen MR) is 36.4 cm³/mol. The van der Waals surface area contributed by atoms with Crippen LogP contribution >= 0.6 is 0 Å². The summed E-state index contributed by atoms with van der Waals surface area (Å²) in [6.07, 6.45) is 1.75. The molecule has 0 aromatic carbocycles. The third kappa shape index (κ3) is 2.43. The Kier molecular flexibility index (Phi) is 3.49. The Hall–Kier alpha value is 0.872. The third-order valence-corrected chi connectivity index (χ3v) is 2.98. The number of sulfone groups is 1. The molecule has 0 saturated carbocycles. The van der Waals surface area contributed by atoms with Crippen LogP contribution < -0.4 is 0 Å². The molecule has 0 atom stereocenters. The van der Waals surface area contributed by atoms with E-state index in [2.05, 4.69) is 0 Å². The molecule has 0 amide bonds.